The Balaban J connectivity index is 1.70. The van der Waals surface area contributed by atoms with E-state index in [4.69, 9.17) is 4.98 Å². The van der Waals surface area contributed by atoms with Crippen molar-refractivity contribution in [2.45, 2.75) is 38.6 Å². The number of nitrogens with zero attached hydrogens (tertiary/aromatic N) is 4. The number of pyridine rings is 1. The highest BCUT2D eigenvalue weighted by molar-refractivity contribution is 9.11. The quantitative estimate of drug-likeness (QED) is 0.842. The number of anilines is 3. The first-order valence-electron chi connectivity index (χ1n) is 8.40. The van der Waals surface area contributed by atoms with E-state index in [1.165, 1.54) is 35.7 Å². The molecule has 1 N–H and O–H groups in total. The highest BCUT2D eigenvalue weighted by Gasteiger charge is 2.30. The SMILES string of the molecule is CC1=C(Br)CN(C2CCCC2)c2nc(Nc3ccccn3)ncc21. The molecule has 2 aliphatic rings. The van der Waals surface area contributed by atoms with E-state index in [0.29, 0.717) is 12.0 Å². The van der Waals surface area contributed by atoms with Crippen LogP contribution in [0.1, 0.15) is 38.2 Å². The van der Waals surface area contributed by atoms with Gasteiger partial charge in [-0.3, -0.25) is 0 Å². The first-order valence-corrected chi connectivity index (χ1v) is 9.19. The summed E-state index contributed by atoms with van der Waals surface area (Å²) in [5, 5.41) is 3.20. The molecule has 1 saturated carbocycles. The molecule has 0 amide bonds. The molecule has 6 heteroatoms. The van der Waals surface area contributed by atoms with Crippen LogP contribution in [0.25, 0.3) is 5.57 Å². The Morgan fingerprint density at radius 1 is 1.21 bits per heavy atom. The number of rotatable bonds is 3. The number of nitrogens with one attached hydrogen (secondary N) is 1. The zero-order valence-corrected chi connectivity index (χ0v) is 15.3. The summed E-state index contributed by atoms with van der Waals surface area (Å²) in [4.78, 5) is 16.0. The first-order chi connectivity index (χ1) is 11.7. The first kappa shape index (κ1) is 15.6. The second-order valence-corrected chi connectivity index (χ2v) is 7.32. The summed E-state index contributed by atoms with van der Waals surface area (Å²) in [6.45, 7) is 3.02. The molecule has 2 aromatic rings. The summed E-state index contributed by atoms with van der Waals surface area (Å²) < 4.78 is 1.23. The van der Waals surface area contributed by atoms with Crippen LogP contribution in [0.2, 0.25) is 0 Å². The molecule has 0 spiro atoms. The molecule has 0 radical (unpaired) electrons. The van der Waals surface area contributed by atoms with Crippen molar-refractivity contribution in [2.24, 2.45) is 0 Å². The van der Waals surface area contributed by atoms with Gasteiger partial charge in [-0.1, -0.05) is 34.8 Å². The van der Waals surface area contributed by atoms with E-state index in [9.17, 15) is 0 Å². The molecule has 5 nitrogen and oxygen atoms in total. The van der Waals surface area contributed by atoms with Crippen LogP contribution in [0.15, 0.2) is 35.1 Å². The van der Waals surface area contributed by atoms with Crippen LogP contribution in [-0.4, -0.2) is 27.5 Å². The van der Waals surface area contributed by atoms with Crippen LogP contribution < -0.4 is 10.2 Å². The summed E-state index contributed by atoms with van der Waals surface area (Å²) in [6, 6.07) is 6.33. The number of hydrogen-bond acceptors (Lipinski definition) is 5. The maximum atomic E-state index is 4.83. The number of halogens is 1. The topological polar surface area (TPSA) is 53.9 Å². The van der Waals surface area contributed by atoms with Gasteiger partial charge in [-0.05, 0) is 37.5 Å². The summed E-state index contributed by atoms with van der Waals surface area (Å²) in [5.74, 6) is 2.39. The Labute approximate surface area is 150 Å². The molecule has 4 rings (SSSR count). The summed E-state index contributed by atoms with van der Waals surface area (Å²) in [7, 11) is 0. The number of aromatic nitrogens is 3. The van der Waals surface area contributed by atoms with Crippen LogP contribution in [0, 0.1) is 0 Å². The van der Waals surface area contributed by atoms with Crippen molar-refractivity contribution in [1.82, 2.24) is 15.0 Å². The zero-order chi connectivity index (χ0) is 16.5. The predicted molar refractivity (Wildman–Crippen MR) is 101 cm³/mol. The van der Waals surface area contributed by atoms with Crippen molar-refractivity contribution >= 4 is 39.1 Å². The Kier molecular flexibility index (Phi) is 4.22. The van der Waals surface area contributed by atoms with E-state index >= 15 is 0 Å². The van der Waals surface area contributed by atoms with Crippen LogP contribution in [-0.2, 0) is 0 Å². The Hall–Kier alpha value is -1.95. The molecular weight excluding hydrogens is 366 g/mol. The lowest BCUT2D eigenvalue weighted by molar-refractivity contribution is 0.620. The smallest absolute Gasteiger partial charge is 0.230 e. The minimum Gasteiger partial charge on any atom is -0.348 e. The van der Waals surface area contributed by atoms with Gasteiger partial charge in [0.1, 0.15) is 11.6 Å². The normalized spacial score (nSPS) is 18.0. The van der Waals surface area contributed by atoms with E-state index in [1.807, 2.05) is 24.4 Å². The van der Waals surface area contributed by atoms with Gasteiger partial charge in [0.05, 0.1) is 6.54 Å². The monoisotopic (exact) mass is 385 g/mol. The molecule has 0 saturated heterocycles. The average Bonchev–Trinajstić information content (AvgIpc) is 3.13. The molecule has 0 aromatic carbocycles. The van der Waals surface area contributed by atoms with Crippen molar-refractivity contribution in [1.29, 1.82) is 0 Å². The van der Waals surface area contributed by atoms with Gasteiger partial charge in [0.2, 0.25) is 5.95 Å². The minimum absolute atomic E-state index is 0.571. The Morgan fingerprint density at radius 3 is 2.79 bits per heavy atom. The van der Waals surface area contributed by atoms with Gasteiger partial charge >= 0.3 is 0 Å². The number of allylic oxidation sites excluding steroid dienone is 1. The fourth-order valence-corrected chi connectivity index (χ4v) is 3.96. The summed E-state index contributed by atoms with van der Waals surface area (Å²) in [6.07, 6.45) is 8.78. The molecule has 24 heavy (non-hydrogen) atoms. The van der Waals surface area contributed by atoms with Crippen molar-refractivity contribution in [3.8, 4) is 0 Å². The molecule has 1 aliphatic carbocycles. The van der Waals surface area contributed by atoms with Gasteiger partial charge in [-0.15, -0.1) is 0 Å². The molecule has 1 fully saturated rings. The summed E-state index contributed by atoms with van der Waals surface area (Å²) >= 11 is 3.74. The largest absolute Gasteiger partial charge is 0.348 e. The van der Waals surface area contributed by atoms with Crippen molar-refractivity contribution in [3.63, 3.8) is 0 Å². The number of fused-ring (bicyclic) bond motifs is 1. The van der Waals surface area contributed by atoms with Gasteiger partial charge < -0.3 is 10.2 Å². The molecular formula is C18H20BrN5. The van der Waals surface area contributed by atoms with Crippen molar-refractivity contribution < 1.29 is 0 Å². The lowest BCUT2D eigenvalue weighted by Crippen LogP contribution is -2.37. The fraction of sp³-hybridized carbons (Fsp3) is 0.389. The third-order valence-electron chi connectivity index (χ3n) is 4.83. The molecule has 0 bridgehead atoms. The standard InChI is InChI=1S/C18H20BrN5/c1-12-14-10-21-18(22-16-8-4-5-9-20-16)23-17(14)24(11-15(12)19)13-6-2-3-7-13/h4-5,8-10,13H,2-3,6-7,11H2,1H3,(H,20,21,22,23). The summed E-state index contributed by atoms with van der Waals surface area (Å²) in [5.41, 5.74) is 2.34. The van der Waals surface area contributed by atoms with E-state index in [0.717, 1.165) is 23.7 Å². The van der Waals surface area contributed by atoms with E-state index in [1.54, 1.807) is 6.20 Å². The van der Waals surface area contributed by atoms with Crippen LogP contribution in [0.4, 0.5) is 17.6 Å². The lowest BCUT2D eigenvalue weighted by atomic mass is 10.0. The van der Waals surface area contributed by atoms with Crippen LogP contribution >= 0.6 is 15.9 Å². The zero-order valence-electron chi connectivity index (χ0n) is 13.7. The van der Waals surface area contributed by atoms with Gasteiger partial charge in [0.15, 0.2) is 0 Å². The second kappa shape index (κ2) is 6.51. The van der Waals surface area contributed by atoms with E-state index in [-0.39, 0.29) is 0 Å². The highest BCUT2D eigenvalue weighted by atomic mass is 79.9. The highest BCUT2D eigenvalue weighted by Crippen LogP contribution is 2.39. The average molecular weight is 386 g/mol. The van der Waals surface area contributed by atoms with Crippen LogP contribution in [0.5, 0.6) is 0 Å². The third kappa shape index (κ3) is 2.90. The minimum atomic E-state index is 0.571. The van der Waals surface area contributed by atoms with E-state index in [2.05, 4.69) is 43.0 Å². The van der Waals surface area contributed by atoms with Gasteiger partial charge in [-0.2, -0.15) is 4.98 Å². The fourth-order valence-electron chi connectivity index (χ4n) is 3.47. The molecule has 3 heterocycles. The molecule has 2 aromatic heterocycles. The Morgan fingerprint density at radius 2 is 2.04 bits per heavy atom. The maximum absolute atomic E-state index is 4.83. The number of hydrogen-bond donors (Lipinski definition) is 1. The van der Waals surface area contributed by atoms with Crippen molar-refractivity contribution in [3.05, 3.63) is 40.6 Å². The van der Waals surface area contributed by atoms with Gasteiger partial charge in [-0.25, -0.2) is 9.97 Å². The second-order valence-electron chi connectivity index (χ2n) is 6.37. The lowest BCUT2D eigenvalue weighted by Gasteiger charge is -2.35. The molecule has 0 atom stereocenters. The molecule has 124 valence electrons. The van der Waals surface area contributed by atoms with E-state index < -0.39 is 0 Å². The Bertz CT molecular complexity index is 768. The van der Waals surface area contributed by atoms with Gasteiger partial charge in [0.25, 0.3) is 0 Å². The van der Waals surface area contributed by atoms with Gasteiger partial charge in [0, 0.05) is 28.5 Å². The maximum Gasteiger partial charge on any atom is 0.230 e. The van der Waals surface area contributed by atoms with Crippen LogP contribution in [0.3, 0.4) is 0 Å². The predicted octanol–water partition coefficient (Wildman–Crippen LogP) is 4.50. The van der Waals surface area contributed by atoms with Crippen molar-refractivity contribution in [2.75, 3.05) is 16.8 Å². The molecule has 0 unspecified atom stereocenters. The molecule has 1 aliphatic heterocycles. The third-order valence-corrected chi connectivity index (χ3v) is 5.68.